The van der Waals surface area contributed by atoms with E-state index in [1.165, 1.54) is 0 Å². The molecule has 1 fully saturated rings. The molecule has 3 rings (SSSR count). The second-order valence-electron chi connectivity index (χ2n) is 7.04. The molecular weight excluding hydrogens is 384 g/mol. The highest BCUT2D eigenvalue weighted by atomic mass is 16.5. The molecule has 7 heteroatoms. The van der Waals surface area contributed by atoms with Crippen molar-refractivity contribution in [2.24, 2.45) is 0 Å². The van der Waals surface area contributed by atoms with E-state index in [0.29, 0.717) is 56.3 Å². The van der Waals surface area contributed by atoms with Crippen molar-refractivity contribution in [2.45, 2.75) is 12.8 Å². The van der Waals surface area contributed by atoms with E-state index in [4.69, 9.17) is 14.2 Å². The number of carbonyl (C=O) groups is 2. The van der Waals surface area contributed by atoms with E-state index in [1.54, 1.807) is 37.3 Å². The Labute approximate surface area is 177 Å². The van der Waals surface area contributed by atoms with Crippen LogP contribution in [0, 0.1) is 0 Å². The van der Waals surface area contributed by atoms with E-state index in [0.717, 1.165) is 12.2 Å². The average Bonchev–Trinajstić information content (AvgIpc) is 3.05. The maximum Gasteiger partial charge on any atom is 0.254 e. The van der Waals surface area contributed by atoms with Crippen LogP contribution in [0.1, 0.15) is 23.2 Å². The van der Waals surface area contributed by atoms with E-state index < -0.39 is 0 Å². The Hall–Kier alpha value is -3.22. The average molecular weight is 412 g/mol. The largest absolute Gasteiger partial charge is 0.497 e. The Kier molecular flexibility index (Phi) is 7.54. The summed E-state index contributed by atoms with van der Waals surface area (Å²) in [5.74, 6) is 1.86. The van der Waals surface area contributed by atoms with E-state index in [1.807, 2.05) is 35.2 Å². The fraction of sp³-hybridized carbons (Fsp3) is 0.391. The van der Waals surface area contributed by atoms with Gasteiger partial charge >= 0.3 is 0 Å². The first-order valence-corrected chi connectivity index (χ1v) is 10.1. The lowest BCUT2D eigenvalue weighted by atomic mass is 10.1. The molecule has 0 spiro atoms. The van der Waals surface area contributed by atoms with Crippen molar-refractivity contribution in [1.82, 2.24) is 9.80 Å². The standard InChI is InChI=1S/C23H28N2O5/c1-28-20-15-18(16-21(17-20)29-2)23(27)25-11-6-10-24(12-13-25)22(26)9-14-30-19-7-4-3-5-8-19/h3-5,7-8,15-17H,6,9-14H2,1-2H3. The number of hydrogen-bond donors (Lipinski definition) is 0. The van der Waals surface area contributed by atoms with Gasteiger partial charge in [-0.15, -0.1) is 0 Å². The summed E-state index contributed by atoms with van der Waals surface area (Å²) < 4.78 is 16.1. The number of benzene rings is 2. The second-order valence-corrected chi connectivity index (χ2v) is 7.04. The van der Waals surface area contributed by atoms with Gasteiger partial charge in [0.2, 0.25) is 5.91 Å². The Bertz CT molecular complexity index is 834. The molecule has 2 amide bonds. The Morgan fingerprint density at radius 1 is 0.833 bits per heavy atom. The Morgan fingerprint density at radius 3 is 2.13 bits per heavy atom. The van der Waals surface area contributed by atoms with Gasteiger partial charge in [-0.05, 0) is 30.7 Å². The third kappa shape index (κ3) is 5.65. The summed E-state index contributed by atoms with van der Waals surface area (Å²) >= 11 is 0. The van der Waals surface area contributed by atoms with Crippen LogP contribution in [0.15, 0.2) is 48.5 Å². The Balaban J connectivity index is 1.54. The quantitative estimate of drug-likeness (QED) is 0.700. The summed E-state index contributed by atoms with van der Waals surface area (Å²) in [7, 11) is 3.11. The summed E-state index contributed by atoms with van der Waals surface area (Å²) in [6, 6.07) is 14.6. The lowest BCUT2D eigenvalue weighted by molar-refractivity contribution is -0.131. The summed E-state index contributed by atoms with van der Waals surface area (Å²) in [6.07, 6.45) is 1.05. The van der Waals surface area contributed by atoms with Gasteiger partial charge in [-0.25, -0.2) is 0 Å². The van der Waals surface area contributed by atoms with Crippen molar-refractivity contribution in [1.29, 1.82) is 0 Å². The lowest BCUT2D eigenvalue weighted by Crippen LogP contribution is -2.37. The zero-order chi connectivity index (χ0) is 21.3. The molecule has 0 bridgehead atoms. The topological polar surface area (TPSA) is 68.3 Å². The van der Waals surface area contributed by atoms with Crippen LogP contribution in [-0.2, 0) is 4.79 Å². The minimum Gasteiger partial charge on any atom is -0.497 e. The Morgan fingerprint density at radius 2 is 1.47 bits per heavy atom. The van der Waals surface area contributed by atoms with Crippen molar-refractivity contribution in [2.75, 3.05) is 47.0 Å². The molecular formula is C23H28N2O5. The van der Waals surface area contributed by atoms with Gasteiger partial charge in [0.15, 0.2) is 0 Å². The molecule has 1 heterocycles. The van der Waals surface area contributed by atoms with Crippen LogP contribution in [0.25, 0.3) is 0 Å². The highest BCUT2D eigenvalue weighted by molar-refractivity contribution is 5.95. The zero-order valence-corrected chi connectivity index (χ0v) is 17.5. The molecule has 2 aromatic rings. The van der Waals surface area contributed by atoms with Crippen molar-refractivity contribution in [3.05, 3.63) is 54.1 Å². The number of hydrogen-bond acceptors (Lipinski definition) is 5. The van der Waals surface area contributed by atoms with Crippen LogP contribution in [0.5, 0.6) is 17.2 Å². The predicted molar refractivity (Wildman–Crippen MR) is 113 cm³/mol. The molecule has 0 N–H and O–H groups in total. The molecule has 1 saturated heterocycles. The van der Waals surface area contributed by atoms with Crippen molar-refractivity contribution < 1.29 is 23.8 Å². The van der Waals surface area contributed by atoms with Gasteiger partial charge in [-0.1, -0.05) is 18.2 Å². The molecule has 7 nitrogen and oxygen atoms in total. The smallest absolute Gasteiger partial charge is 0.254 e. The van der Waals surface area contributed by atoms with Crippen molar-refractivity contribution in [3.63, 3.8) is 0 Å². The SMILES string of the molecule is COc1cc(OC)cc(C(=O)N2CCCN(C(=O)CCOc3ccccc3)CC2)c1. The number of nitrogens with zero attached hydrogens (tertiary/aromatic N) is 2. The number of carbonyl (C=O) groups excluding carboxylic acids is 2. The lowest BCUT2D eigenvalue weighted by Gasteiger charge is -2.22. The molecule has 0 aromatic heterocycles. The monoisotopic (exact) mass is 412 g/mol. The number of rotatable bonds is 7. The molecule has 1 aliphatic rings. The van der Waals surface area contributed by atoms with Crippen molar-refractivity contribution >= 4 is 11.8 Å². The first kappa shape index (κ1) is 21.5. The highest BCUT2D eigenvalue weighted by Crippen LogP contribution is 2.24. The van der Waals surface area contributed by atoms with Gasteiger partial charge < -0.3 is 24.0 Å². The summed E-state index contributed by atoms with van der Waals surface area (Å²) in [6.45, 7) is 2.57. The first-order valence-electron chi connectivity index (χ1n) is 10.1. The van der Waals surface area contributed by atoms with Crippen molar-refractivity contribution in [3.8, 4) is 17.2 Å². The first-order chi connectivity index (χ1) is 14.6. The summed E-state index contributed by atoms with van der Waals surface area (Å²) in [5.41, 5.74) is 0.516. The number of amides is 2. The number of para-hydroxylation sites is 1. The van der Waals surface area contributed by atoms with Gasteiger partial charge in [0.25, 0.3) is 5.91 Å². The molecule has 2 aromatic carbocycles. The third-order valence-corrected chi connectivity index (χ3v) is 5.06. The molecule has 160 valence electrons. The molecule has 0 unspecified atom stereocenters. The van der Waals surface area contributed by atoms with Crippen LogP contribution >= 0.6 is 0 Å². The molecule has 0 atom stereocenters. The molecule has 0 radical (unpaired) electrons. The van der Waals surface area contributed by atoms with Crippen LogP contribution in [0.2, 0.25) is 0 Å². The fourth-order valence-corrected chi connectivity index (χ4v) is 3.41. The highest BCUT2D eigenvalue weighted by Gasteiger charge is 2.23. The van der Waals surface area contributed by atoms with E-state index in [-0.39, 0.29) is 11.8 Å². The second kappa shape index (κ2) is 10.5. The fourth-order valence-electron chi connectivity index (χ4n) is 3.41. The van der Waals surface area contributed by atoms with E-state index >= 15 is 0 Å². The van der Waals surface area contributed by atoms with Gasteiger partial charge in [-0.3, -0.25) is 9.59 Å². The van der Waals surface area contributed by atoms with Crippen LogP contribution in [-0.4, -0.2) is 68.6 Å². The minimum atomic E-state index is -0.0890. The third-order valence-electron chi connectivity index (χ3n) is 5.06. The maximum atomic E-state index is 13.0. The molecule has 0 saturated carbocycles. The summed E-state index contributed by atoms with van der Waals surface area (Å²) in [4.78, 5) is 29.1. The van der Waals surface area contributed by atoms with Gasteiger partial charge in [-0.2, -0.15) is 0 Å². The summed E-state index contributed by atoms with van der Waals surface area (Å²) in [5, 5.41) is 0. The van der Waals surface area contributed by atoms with Gasteiger partial charge in [0.05, 0.1) is 27.2 Å². The van der Waals surface area contributed by atoms with Crippen LogP contribution in [0.3, 0.4) is 0 Å². The van der Waals surface area contributed by atoms with Gasteiger partial charge in [0, 0.05) is 37.8 Å². The van der Waals surface area contributed by atoms with Crippen LogP contribution < -0.4 is 14.2 Å². The predicted octanol–water partition coefficient (Wildman–Crippen LogP) is 2.85. The van der Waals surface area contributed by atoms with Crippen LogP contribution in [0.4, 0.5) is 0 Å². The zero-order valence-electron chi connectivity index (χ0n) is 17.5. The molecule has 0 aliphatic carbocycles. The number of methoxy groups -OCH3 is 2. The van der Waals surface area contributed by atoms with E-state index in [2.05, 4.69) is 0 Å². The van der Waals surface area contributed by atoms with E-state index in [9.17, 15) is 9.59 Å². The molecule has 30 heavy (non-hydrogen) atoms. The van der Waals surface area contributed by atoms with Gasteiger partial charge in [0.1, 0.15) is 17.2 Å². The molecule has 1 aliphatic heterocycles. The minimum absolute atomic E-state index is 0.0447. The normalized spacial score (nSPS) is 14.1. The maximum absolute atomic E-state index is 13.0. The number of ether oxygens (including phenoxy) is 3.